The maximum atomic E-state index is 12.7. The first kappa shape index (κ1) is 17.1. The second-order valence-electron chi connectivity index (χ2n) is 5.50. The van der Waals surface area contributed by atoms with Crippen LogP contribution in [0.1, 0.15) is 13.3 Å². The zero-order valence-electron chi connectivity index (χ0n) is 12.1. The van der Waals surface area contributed by atoms with Gasteiger partial charge in [0.1, 0.15) is 4.90 Å². The monoisotopic (exact) mass is 347 g/mol. The highest BCUT2D eigenvalue weighted by Gasteiger charge is 2.34. The molecule has 2 rings (SSSR count). The van der Waals surface area contributed by atoms with E-state index in [0.717, 1.165) is 18.6 Å². The number of halogens is 1. The summed E-state index contributed by atoms with van der Waals surface area (Å²) in [5.74, 6) is 0.462. The van der Waals surface area contributed by atoms with E-state index in [1.807, 2.05) is 0 Å². The summed E-state index contributed by atoms with van der Waals surface area (Å²) in [5, 5.41) is 10.6. The van der Waals surface area contributed by atoms with Crippen LogP contribution in [0.5, 0.6) is 0 Å². The average molecular weight is 348 g/mol. The number of hydrogen-bond donors (Lipinski definition) is 1. The minimum absolute atomic E-state index is 0.0975. The van der Waals surface area contributed by atoms with Crippen molar-refractivity contribution in [2.45, 2.75) is 18.2 Å². The molecule has 1 aromatic rings. The third-order valence-electron chi connectivity index (χ3n) is 4.12. The van der Waals surface area contributed by atoms with Gasteiger partial charge >= 0.3 is 0 Å². The molecule has 122 valence electrons. The largest absolute Gasteiger partial charge is 0.330 e. The molecule has 2 atom stereocenters. The maximum Gasteiger partial charge on any atom is 0.271 e. The molecule has 1 heterocycles. The Labute approximate surface area is 134 Å². The Bertz CT molecular complexity index is 680. The highest BCUT2D eigenvalue weighted by atomic mass is 35.5. The fourth-order valence-electron chi connectivity index (χ4n) is 2.59. The van der Waals surface area contributed by atoms with E-state index < -0.39 is 14.9 Å². The Morgan fingerprint density at radius 2 is 2.18 bits per heavy atom. The van der Waals surface area contributed by atoms with Crippen LogP contribution in [-0.4, -0.2) is 37.3 Å². The quantitative estimate of drug-likeness (QED) is 0.660. The van der Waals surface area contributed by atoms with E-state index in [-0.39, 0.29) is 21.5 Å². The number of sulfonamides is 1. The Hall–Kier alpha value is -1.22. The van der Waals surface area contributed by atoms with E-state index in [1.165, 1.54) is 10.4 Å². The SMILES string of the molecule is CC1CCN(S(=O)(=O)c2ccc([N+](=O)[O-])cc2Cl)CC1CN. The average Bonchev–Trinajstić information content (AvgIpc) is 2.47. The van der Waals surface area contributed by atoms with Crippen LogP contribution < -0.4 is 5.73 Å². The van der Waals surface area contributed by atoms with Gasteiger partial charge in [0.05, 0.1) is 9.95 Å². The topological polar surface area (TPSA) is 107 Å². The van der Waals surface area contributed by atoms with Crippen molar-refractivity contribution in [3.05, 3.63) is 33.3 Å². The lowest BCUT2D eigenvalue weighted by Gasteiger charge is -2.35. The third-order valence-corrected chi connectivity index (χ3v) is 6.47. The number of benzene rings is 1. The Morgan fingerprint density at radius 1 is 1.50 bits per heavy atom. The minimum Gasteiger partial charge on any atom is -0.330 e. The van der Waals surface area contributed by atoms with Gasteiger partial charge in [0.2, 0.25) is 10.0 Å². The fourth-order valence-corrected chi connectivity index (χ4v) is 4.62. The van der Waals surface area contributed by atoms with E-state index >= 15 is 0 Å². The molecular formula is C13H18ClN3O4S. The molecule has 0 aromatic heterocycles. The summed E-state index contributed by atoms with van der Waals surface area (Å²) in [4.78, 5) is 9.98. The molecule has 2 N–H and O–H groups in total. The molecule has 0 amide bonds. The Kier molecular flexibility index (Phi) is 5.06. The fraction of sp³-hybridized carbons (Fsp3) is 0.538. The van der Waals surface area contributed by atoms with Crippen molar-refractivity contribution in [1.82, 2.24) is 4.31 Å². The molecule has 1 aliphatic heterocycles. The van der Waals surface area contributed by atoms with E-state index in [2.05, 4.69) is 6.92 Å². The summed E-state index contributed by atoms with van der Waals surface area (Å²) in [7, 11) is -3.78. The first-order chi connectivity index (χ1) is 10.3. The molecular weight excluding hydrogens is 330 g/mol. The van der Waals surface area contributed by atoms with Crippen molar-refractivity contribution < 1.29 is 13.3 Å². The first-order valence-electron chi connectivity index (χ1n) is 6.91. The summed E-state index contributed by atoms with van der Waals surface area (Å²) < 4.78 is 26.7. The van der Waals surface area contributed by atoms with Gasteiger partial charge < -0.3 is 5.73 Å². The van der Waals surface area contributed by atoms with Gasteiger partial charge in [-0.05, 0) is 30.9 Å². The van der Waals surface area contributed by atoms with Gasteiger partial charge in [-0.1, -0.05) is 18.5 Å². The van der Waals surface area contributed by atoms with Crippen molar-refractivity contribution in [2.75, 3.05) is 19.6 Å². The van der Waals surface area contributed by atoms with Crippen LogP contribution in [0.15, 0.2) is 23.1 Å². The van der Waals surface area contributed by atoms with Gasteiger partial charge in [-0.25, -0.2) is 8.42 Å². The zero-order valence-corrected chi connectivity index (χ0v) is 13.7. The highest BCUT2D eigenvalue weighted by Crippen LogP contribution is 2.32. The third kappa shape index (κ3) is 3.24. The number of non-ortho nitro benzene ring substituents is 1. The normalized spacial score (nSPS) is 23.4. The van der Waals surface area contributed by atoms with E-state index in [1.54, 1.807) is 0 Å². The van der Waals surface area contributed by atoms with E-state index in [9.17, 15) is 18.5 Å². The van der Waals surface area contributed by atoms with Crippen molar-refractivity contribution in [2.24, 2.45) is 17.6 Å². The van der Waals surface area contributed by atoms with Crippen LogP contribution in [0.3, 0.4) is 0 Å². The second kappa shape index (κ2) is 6.49. The zero-order chi connectivity index (χ0) is 16.5. The van der Waals surface area contributed by atoms with E-state index in [4.69, 9.17) is 17.3 Å². The van der Waals surface area contributed by atoms with Crippen molar-refractivity contribution in [3.8, 4) is 0 Å². The Balaban J connectivity index is 2.33. The second-order valence-corrected chi connectivity index (χ2v) is 7.81. The molecule has 0 spiro atoms. The number of nitro groups is 1. The molecule has 22 heavy (non-hydrogen) atoms. The summed E-state index contributed by atoms with van der Waals surface area (Å²) in [6.07, 6.45) is 0.728. The van der Waals surface area contributed by atoms with Crippen LogP contribution >= 0.6 is 11.6 Å². The molecule has 9 heteroatoms. The predicted molar refractivity (Wildman–Crippen MR) is 83.2 cm³/mol. The van der Waals surface area contributed by atoms with Gasteiger partial charge in [0.15, 0.2) is 0 Å². The smallest absolute Gasteiger partial charge is 0.271 e. The predicted octanol–water partition coefficient (Wildman–Crippen LogP) is 1.85. The summed E-state index contributed by atoms with van der Waals surface area (Å²) in [6.45, 7) is 3.21. The molecule has 0 radical (unpaired) electrons. The number of hydrogen-bond acceptors (Lipinski definition) is 5. The molecule has 2 unspecified atom stereocenters. The maximum absolute atomic E-state index is 12.7. The van der Waals surface area contributed by atoms with Gasteiger partial charge in [-0.2, -0.15) is 4.31 Å². The molecule has 1 aromatic carbocycles. The van der Waals surface area contributed by atoms with Crippen molar-refractivity contribution >= 4 is 27.3 Å². The summed E-state index contributed by atoms with van der Waals surface area (Å²) in [6, 6.07) is 3.39. The molecule has 1 fully saturated rings. The van der Waals surface area contributed by atoms with Gasteiger partial charge in [-0.3, -0.25) is 10.1 Å². The lowest BCUT2D eigenvalue weighted by molar-refractivity contribution is -0.384. The number of nitrogens with zero attached hydrogens (tertiary/aromatic N) is 2. The first-order valence-corrected chi connectivity index (χ1v) is 8.73. The number of rotatable bonds is 4. The van der Waals surface area contributed by atoms with Crippen LogP contribution in [0, 0.1) is 22.0 Å². The minimum atomic E-state index is -3.78. The van der Waals surface area contributed by atoms with Gasteiger partial charge in [0.25, 0.3) is 5.69 Å². The van der Waals surface area contributed by atoms with Gasteiger partial charge in [0, 0.05) is 25.2 Å². The lowest BCUT2D eigenvalue weighted by Crippen LogP contribution is -2.45. The summed E-state index contributed by atoms with van der Waals surface area (Å²) in [5.41, 5.74) is 5.46. The molecule has 1 saturated heterocycles. The standard InChI is InChI=1S/C13H18ClN3O4S/c1-9-4-5-16(8-10(9)7-15)22(20,21)13-3-2-11(17(18)19)6-12(13)14/h2-3,6,9-10H,4-5,7-8,15H2,1H3. The molecule has 0 aliphatic carbocycles. The lowest BCUT2D eigenvalue weighted by atomic mass is 9.88. The highest BCUT2D eigenvalue weighted by molar-refractivity contribution is 7.89. The number of nitrogens with two attached hydrogens (primary N) is 1. The van der Waals surface area contributed by atoms with Crippen LogP contribution in [0.4, 0.5) is 5.69 Å². The van der Waals surface area contributed by atoms with Gasteiger partial charge in [-0.15, -0.1) is 0 Å². The summed E-state index contributed by atoms with van der Waals surface area (Å²) >= 11 is 5.94. The van der Waals surface area contributed by atoms with E-state index in [0.29, 0.717) is 25.6 Å². The van der Waals surface area contributed by atoms with Crippen LogP contribution in [0.25, 0.3) is 0 Å². The molecule has 0 saturated carbocycles. The molecule has 0 bridgehead atoms. The van der Waals surface area contributed by atoms with Crippen LogP contribution in [0.2, 0.25) is 5.02 Å². The molecule has 1 aliphatic rings. The Morgan fingerprint density at radius 3 is 2.73 bits per heavy atom. The van der Waals surface area contributed by atoms with Crippen LogP contribution in [-0.2, 0) is 10.0 Å². The number of nitro benzene ring substituents is 1. The molecule has 7 nitrogen and oxygen atoms in total. The van der Waals surface area contributed by atoms with Crippen molar-refractivity contribution in [1.29, 1.82) is 0 Å². The van der Waals surface area contributed by atoms with Crippen molar-refractivity contribution in [3.63, 3.8) is 0 Å². The number of piperidine rings is 1.